The second kappa shape index (κ2) is 18.0. The molecule has 0 saturated carbocycles. The fraction of sp³-hybridized carbons (Fsp3) is 0.0536. The third-order valence-corrected chi connectivity index (χ3v) is 11.0. The molecule has 0 aliphatic carbocycles. The molecule has 60 heavy (non-hydrogen) atoms. The first-order chi connectivity index (χ1) is 29.0. The summed E-state index contributed by atoms with van der Waals surface area (Å²) in [7, 11) is 0. The average Bonchev–Trinajstić information content (AvgIpc) is 3.31. The largest absolute Gasteiger partial charge is 0.305 e. The van der Waals surface area contributed by atoms with Crippen LogP contribution in [-0.4, -0.2) is 15.0 Å². The summed E-state index contributed by atoms with van der Waals surface area (Å²) in [5.74, 6) is 0. The number of aromatic nitrogens is 3. The zero-order valence-corrected chi connectivity index (χ0v) is 36.0. The van der Waals surface area contributed by atoms with Crippen molar-refractivity contribution in [2.24, 2.45) is 0 Å². The first-order valence-corrected chi connectivity index (χ1v) is 19.9. The Hall–Kier alpha value is -6.84. The van der Waals surface area contributed by atoms with Crippen LogP contribution in [0.3, 0.4) is 0 Å². The van der Waals surface area contributed by atoms with Crippen molar-refractivity contribution in [3.8, 4) is 67.0 Å². The van der Waals surface area contributed by atoms with E-state index in [2.05, 4.69) is 159 Å². The van der Waals surface area contributed by atoms with Crippen molar-refractivity contribution in [1.29, 1.82) is 0 Å². The van der Waals surface area contributed by atoms with Gasteiger partial charge < -0.3 is 9.97 Å². The summed E-state index contributed by atoms with van der Waals surface area (Å²) in [4.78, 5) is 13.9. The van der Waals surface area contributed by atoms with Gasteiger partial charge in [0.1, 0.15) is 0 Å². The Balaban J connectivity index is 0.000000220. The summed E-state index contributed by atoms with van der Waals surface area (Å²) in [5.41, 5.74) is 18.0. The maximum absolute atomic E-state index is 4.74. The molecule has 0 spiro atoms. The third kappa shape index (κ3) is 8.35. The van der Waals surface area contributed by atoms with Gasteiger partial charge in [-0.2, -0.15) is 0 Å². The minimum absolute atomic E-state index is 0. The standard InChI is InChI=1S/C39H29N2.C17H12N.Ir/c1-25-15-16-29(38-18-26(2)27(3)24-41-38)22-36(25)31-19-30(28-10-5-4-6-11-28)20-32(21-31)37-23-39-35(14-9-17-40-39)33-12-7-8-13-34(33)37;1-2-8-14(9-3-1)15-10-4-5-11-16(15)17-12-6-7-13-18-17;/h4-15,17-24H,1-3H3;1-10,12-13H;/q2*-1;. The van der Waals surface area contributed by atoms with Crippen molar-refractivity contribution >= 4 is 21.7 Å². The van der Waals surface area contributed by atoms with Crippen LogP contribution >= 0.6 is 0 Å². The van der Waals surface area contributed by atoms with Crippen LogP contribution in [0.25, 0.3) is 88.7 Å². The van der Waals surface area contributed by atoms with Crippen LogP contribution in [-0.2, 0) is 20.1 Å². The molecule has 3 nitrogen and oxygen atoms in total. The van der Waals surface area contributed by atoms with Crippen LogP contribution in [0.1, 0.15) is 16.7 Å². The first kappa shape index (κ1) is 40.0. The Kier molecular flexibility index (Phi) is 12.0. The minimum Gasteiger partial charge on any atom is -0.305 e. The summed E-state index contributed by atoms with van der Waals surface area (Å²) in [6.07, 6.45) is 5.63. The van der Waals surface area contributed by atoms with Gasteiger partial charge in [-0.3, -0.25) is 4.98 Å². The van der Waals surface area contributed by atoms with Gasteiger partial charge in [-0.25, -0.2) is 0 Å². The molecule has 4 heteroatoms. The molecule has 0 atom stereocenters. The zero-order valence-electron chi connectivity index (χ0n) is 33.7. The van der Waals surface area contributed by atoms with Crippen molar-refractivity contribution in [2.45, 2.75) is 20.8 Å². The van der Waals surface area contributed by atoms with E-state index in [1.54, 1.807) is 0 Å². The van der Waals surface area contributed by atoms with E-state index >= 15 is 0 Å². The van der Waals surface area contributed by atoms with Crippen LogP contribution in [0.15, 0.2) is 195 Å². The fourth-order valence-corrected chi connectivity index (χ4v) is 7.71. The number of fused-ring (bicyclic) bond motifs is 3. The summed E-state index contributed by atoms with van der Waals surface area (Å²) >= 11 is 0. The topological polar surface area (TPSA) is 38.7 Å². The second-order valence-electron chi connectivity index (χ2n) is 14.8. The fourth-order valence-electron chi connectivity index (χ4n) is 7.71. The normalized spacial score (nSPS) is 10.8. The van der Waals surface area contributed by atoms with Crippen molar-refractivity contribution < 1.29 is 20.1 Å². The van der Waals surface area contributed by atoms with E-state index in [9.17, 15) is 0 Å². The third-order valence-electron chi connectivity index (χ3n) is 11.0. The molecule has 7 aromatic carbocycles. The van der Waals surface area contributed by atoms with Crippen LogP contribution in [0.2, 0.25) is 0 Å². The van der Waals surface area contributed by atoms with Gasteiger partial charge in [0.05, 0.1) is 5.52 Å². The molecule has 291 valence electrons. The number of nitrogens with zero attached hydrogens (tertiary/aromatic N) is 3. The molecule has 0 saturated heterocycles. The van der Waals surface area contributed by atoms with Gasteiger partial charge in [-0.1, -0.05) is 138 Å². The maximum atomic E-state index is 4.74. The SMILES string of the molecule is Cc1cnc(-c2[c-]cc(C)c(-c3cc(-c4ccccc4)cc(-c4cc5ncccc5c5ccccc45)c3)c2)cc1C.[Ir].[c-]1cccc(-c2ccccc2)c1-c1ccccn1. The molecule has 10 rings (SSSR count). The van der Waals surface area contributed by atoms with Gasteiger partial charge in [0, 0.05) is 44.1 Å². The van der Waals surface area contributed by atoms with Crippen molar-refractivity contribution in [3.63, 3.8) is 0 Å². The van der Waals surface area contributed by atoms with Crippen LogP contribution in [0, 0.1) is 32.9 Å². The summed E-state index contributed by atoms with van der Waals surface area (Å²) in [6.45, 7) is 6.39. The summed E-state index contributed by atoms with van der Waals surface area (Å²) in [5, 5.41) is 3.61. The maximum Gasteiger partial charge on any atom is 0.0714 e. The first-order valence-electron chi connectivity index (χ1n) is 19.9. The monoisotopic (exact) mass is 948 g/mol. The number of aryl methyl sites for hydroxylation is 3. The van der Waals surface area contributed by atoms with E-state index in [1.165, 1.54) is 71.8 Å². The predicted molar refractivity (Wildman–Crippen MR) is 246 cm³/mol. The Bertz CT molecular complexity index is 3010. The summed E-state index contributed by atoms with van der Waals surface area (Å²) in [6, 6.07) is 68.2. The molecule has 0 fully saturated rings. The molecule has 0 aliphatic heterocycles. The average molecular weight is 948 g/mol. The molecule has 0 amide bonds. The van der Waals surface area contributed by atoms with E-state index in [-0.39, 0.29) is 20.1 Å². The Labute approximate surface area is 365 Å². The van der Waals surface area contributed by atoms with Gasteiger partial charge in [-0.15, -0.1) is 59.2 Å². The summed E-state index contributed by atoms with van der Waals surface area (Å²) < 4.78 is 0. The number of hydrogen-bond acceptors (Lipinski definition) is 3. The number of benzene rings is 7. The van der Waals surface area contributed by atoms with Gasteiger partial charge in [0.15, 0.2) is 0 Å². The van der Waals surface area contributed by atoms with E-state index in [1.807, 2.05) is 73.2 Å². The molecule has 0 aliphatic rings. The quantitative estimate of drug-likeness (QED) is 0.123. The van der Waals surface area contributed by atoms with Gasteiger partial charge in [-0.05, 0) is 106 Å². The molecule has 10 aromatic rings. The van der Waals surface area contributed by atoms with Crippen LogP contribution in [0.5, 0.6) is 0 Å². The van der Waals surface area contributed by atoms with Crippen molar-refractivity contribution in [2.75, 3.05) is 0 Å². The van der Waals surface area contributed by atoms with E-state index in [4.69, 9.17) is 9.97 Å². The van der Waals surface area contributed by atoms with Gasteiger partial charge in [0.25, 0.3) is 0 Å². The van der Waals surface area contributed by atoms with Crippen LogP contribution < -0.4 is 0 Å². The van der Waals surface area contributed by atoms with E-state index in [0.29, 0.717) is 0 Å². The molecular formula is C56H41IrN3-2. The van der Waals surface area contributed by atoms with Crippen molar-refractivity contribution in [1.82, 2.24) is 15.0 Å². The Morgan fingerprint density at radius 3 is 1.82 bits per heavy atom. The predicted octanol–water partition coefficient (Wildman–Crippen LogP) is 14.4. The van der Waals surface area contributed by atoms with Crippen LogP contribution in [0.4, 0.5) is 0 Å². The Morgan fingerprint density at radius 2 is 1.07 bits per heavy atom. The molecule has 3 aromatic heterocycles. The number of rotatable bonds is 6. The Morgan fingerprint density at radius 1 is 0.400 bits per heavy atom. The zero-order chi connectivity index (χ0) is 40.1. The smallest absolute Gasteiger partial charge is 0.0714 e. The van der Waals surface area contributed by atoms with E-state index in [0.717, 1.165) is 33.6 Å². The van der Waals surface area contributed by atoms with Gasteiger partial charge >= 0.3 is 0 Å². The number of pyridine rings is 3. The minimum atomic E-state index is 0. The van der Waals surface area contributed by atoms with Gasteiger partial charge in [0.2, 0.25) is 0 Å². The molecule has 0 N–H and O–H groups in total. The molecule has 0 bridgehead atoms. The van der Waals surface area contributed by atoms with Crippen molar-refractivity contribution in [3.05, 3.63) is 223 Å². The number of hydrogen-bond donors (Lipinski definition) is 0. The second-order valence-corrected chi connectivity index (χ2v) is 14.8. The molecular weight excluding hydrogens is 907 g/mol. The molecule has 1 radical (unpaired) electrons. The molecule has 0 unspecified atom stereocenters. The molecule has 3 heterocycles. The van der Waals surface area contributed by atoms with E-state index < -0.39 is 0 Å².